The van der Waals surface area contributed by atoms with E-state index >= 15 is 0 Å². The first kappa shape index (κ1) is 24.5. The molecule has 4 aliphatic carbocycles. The number of hydrogen-bond acceptors (Lipinski definition) is 4. The van der Waals surface area contributed by atoms with Gasteiger partial charge in [0.15, 0.2) is 0 Å². The third kappa shape index (κ3) is 3.94. The summed E-state index contributed by atoms with van der Waals surface area (Å²) in [5.74, 6) is 2.51. The lowest BCUT2D eigenvalue weighted by atomic mass is 9.43. The van der Waals surface area contributed by atoms with E-state index in [1.54, 1.807) is 7.11 Å². The normalized spacial score (nSPS) is 46.7. The van der Waals surface area contributed by atoms with Crippen LogP contribution in [0, 0.1) is 40.4 Å². The fourth-order valence-electron chi connectivity index (χ4n) is 9.25. The van der Waals surface area contributed by atoms with Crippen LogP contribution in [0.15, 0.2) is 0 Å². The van der Waals surface area contributed by atoms with Crippen LogP contribution in [-0.2, 0) is 19.0 Å². The van der Waals surface area contributed by atoms with Crippen molar-refractivity contribution in [3.63, 3.8) is 0 Å². The van der Waals surface area contributed by atoms with Gasteiger partial charge in [0.2, 0.25) is 0 Å². The van der Waals surface area contributed by atoms with E-state index in [0.29, 0.717) is 35.2 Å². The number of ether oxygens (including phenoxy) is 3. The number of carboxylic acid groups (broad SMARTS) is 1. The minimum atomic E-state index is -0.775. The summed E-state index contributed by atoms with van der Waals surface area (Å²) in [4.78, 5) is 11.2. The van der Waals surface area contributed by atoms with Crippen LogP contribution in [-0.4, -0.2) is 50.7 Å². The van der Waals surface area contributed by atoms with Gasteiger partial charge in [-0.1, -0.05) is 26.7 Å². The SMILES string of the molecule is COC(CCC1CCC2C3C(OC)CC4CCCCC4(C)C3CC(OC)C12C)CC(=O)O. The summed E-state index contributed by atoms with van der Waals surface area (Å²) in [5, 5.41) is 9.22. The molecule has 0 bridgehead atoms. The van der Waals surface area contributed by atoms with Gasteiger partial charge < -0.3 is 19.3 Å². The van der Waals surface area contributed by atoms with Gasteiger partial charge in [0.25, 0.3) is 0 Å². The Bertz CT molecular complexity index is 666. The zero-order valence-electron chi connectivity index (χ0n) is 21.0. The van der Waals surface area contributed by atoms with Gasteiger partial charge >= 0.3 is 5.97 Å². The van der Waals surface area contributed by atoms with Crippen molar-refractivity contribution in [1.82, 2.24) is 0 Å². The molecule has 5 heteroatoms. The number of fused-ring (bicyclic) bond motifs is 5. The van der Waals surface area contributed by atoms with Gasteiger partial charge in [-0.15, -0.1) is 0 Å². The fraction of sp³-hybridized carbons (Fsp3) is 0.963. The minimum Gasteiger partial charge on any atom is -0.481 e. The molecule has 10 atom stereocenters. The molecule has 0 amide bonds. The van der Waals surface area contributed by atoms with E-state index in [0.717, 1.165) is 25.2 Å². The zero-order chi connectivity index (χ0) is 23.1. The van der Waals surface area contributed by atoms with Crippen molar-refractivity contribution >= 4 is 5.97 Å². The topological polar surface area (TPSA) is 65.0 Å². The number of methoxy groups -OCH3 is 3. The molecule has 0 aromatic heterocycles. The highest BCUT2D eigenvalue weighted by atomic mass is 16.5. The Hall–Kier alpha value is -0.650. The number of rotatable bonds is 8. The molecule has 5 nitrogen and oxygen atoms in total. The molecule has 32 heavy (non-hydrogen) atoms. The number of hydrogen-bond donors (Lipinski definition) is 1. The molecule has 1 N–H and O–H groups in total. The molecule has 4 saturated carbocycles. The lowest BCUT2D eigenvalue weighted by Gasteiger charge is -2.64. The van der Waals surface area contributed by atoms with Gasteiger partial charge in [-0.2, -0.15) is 0 Å². The monoisotopic (exact) mass is 450 g/mol. The van der Waals surface area contributed by atoms with Crippen molar-refractivity contribution in [3.8, 4) is 0 Å². The second-order valence-electron chi connectivity index (χ2n) is 11.9. The van der Waals surface area contributed by atoms with Crippen LogP contribution < -0.4 is 0 Å². The first-order chi connectivity index (χ1) is 15.3. The van der Waals surface area contributed by atoms with Gasteiger partial charge in [0, 0.05) is 21.3 Å². The predicted molar refractivity (Wildman–Crippen MR) is 124 cm³/mol. The average Bonchev–Trinajstić information content (AvgIpc) is 3.11. The Balaban J connectivity index is 1.59. The summed E-state index contributed by atoms with van der Waals surface area (Å²) in [6.45, 7) is 5.08. The van der Waals surface area contributed by atoms with Crippen molar-refractivity contribution in [3.05, 3.63) is 0 Å². The van der Waals surface area contributed by atoms with Crippen LogP contribution >= 0.6 is 0 Å². The maximum absolute atomic E-state index is 11.2. The first-order valence-electron chi connectivity index (χ1n) is 13.1. The summed E-state index contributed by atoms with van der Waals surface area (Å²) in [5.41, 5.74) is 0.558. The molecule has 0 aliphatic heterocycles. The summed E-state index contributed by atoms with van der Waals surface area (Å²) < 4.78 is 18.1. The summed E-state index contributed by atoms with van der Waals surface area (Å²) in [6, 6.07) is 0. The van der Waals surface area contributed by atoms with Gasteiger partial charge in [-0.3, -0.25) is 4.79 Å². The standard InChI is InChI=1S/C27H46O5/c1-26-13-7-6-8-18(26)14-22(31-4)25-20-12-10-17(9-11-19(30-3)15-24(28)29)27(20,2)23(32-5)16-21(25)26/h17-23,25H,6-16H2,1-5H3,(H,28,29). The van der Waals surface area contributed by atoms with Crippen LogP contribution in [0.2, 0.25) is 0 Å². The molecular weight excluding hydrogens is 404 g/mol. The maximum Gasteiger partial charge on any atom is 0.305 e. The number of carboxylic acids is 1. The van der Waals surface area contributed by atoms with E-state index in [2.05, 4.69) is 13.8 Å². The molecule has 0 saturated heterocycles. The summed E-state index contributed by atoms with van der Waals surface area (Å²) in [7, 11) is 5.50. The molecular formula is C27H46O5. The Kier molecular flexibility index (Phi) is 7.30. The second kappa shape index (κ2) is 9.54. The smallest absolute Gasteiger partial charge is 0.305 e. The Labute approximate surface area is 195 Å². The van der Waals surface area contributed by atoms with E-state index in [-0.39, 0.29) is 24.0 Å². The molecule has 184 valence electrons. The average molecular weight is 451 g/mol. The third-order valence-electron chi connectivity index (χ3n) is 11.0. The van der Waals surface area contributed by atoms with Crippen LogP contribution in [0.1, 0.15) is 84.5 Å². The van der Waals surface area contributed by atoms with Crippen molar-refractivity contribution in [2.45, 2.75) is 103 Å². The van der Waals surface area contributed by atoms with Crippen molar-refractivity contribution < 1.29 is 24.1 Å². The van der Waals surface area contributed by atoms with Gasteiger partial charge in [-0.05, 0) is 91.8 Å². The highest BCUT2D eigenvalue weighted by Gasteiger charge is 2.65. The Morgan fingerprint density at radius 2 is 1.81 bits per heavy atom. The summed E-state index contributed by atoms with van der Waals surface area (Å²) >= 11 is 0. The van der Waals surface area contributed by atoms with Crippen molar-refractivity contribution in [1.29, 1.82) is 0 Å². The minimum absolute atomic E-state index is 0.0905. The number of aliphatic carboxylic acids is 1. The van der Waals surface area contributed by atoms with E-state index in [1.807, 2.05) is 14.2 Å². The van der Waals surface area contributed by atoms with Crippen LogP contribution in [0.25, 0.3) is 0 Å². The molecule has 4 fully saturated rings. The molecule has 4 rings (SSSR count). The largest absolute Gasteiger partial charge is 0.481 e. The van der Waals surface area contributed by atoms with Gasteiger partial charge in [-0.25, -0.2) is 0 Å². The van der Waals surface area contributed by atoms with Gasteiger partial charge in [0.1, 0.15) is 0 Å². The molecule has 0 aromatic carbocycles. The molecule has 10 unspecified atom stereocenters. The number of carbonyl (C=O) groups is 1. The quantitative estimate of drug-likeness (QED) is 0.525. The molecule has 4 aliphatic rings. The van der Waals surface area contributed by atoms with Crippen molar-refractivity contribution in [2.24, 2.45) is 40.4 Å². The lowest BCUT2D eigenvalue weighted by Crippen LogP contribution is -2.62. The molecule has 0 heterocycles. The lowest BCUT2D eigenvalue weighted by molar-refractivity contribution is -0.210. The molecule has 0 radical (unpaired) electrons. The van der Waals surface area contributed by atoms with Crippen molar-refractivity contribution in [2.75, 3.05) is 21.3 Å². The van der Waals surface area contributed by atoms with Crippen LogP contribution in [0.5, 0.6) is 0 Å². The Morgan fingerprint density at radius 3 is 2.47 bits per heavy atom. The summed E-state index contributed by atoms with van der Waals surface area (Å²) in [6.07, 6.45) is 12.7. The van der Waals surface area contributed by atoms with E-state index < -0.39 is 5.97 Å². The maximum atomic E-state index is 11.2. The highest BCUT2D eigenvalue weighted by Crippen LogP contribution is 2.68. The van der Waals surface area contributed by atoms with Crippen LogP contribution in [0.3, 0.4) is 0 Å². The highest BCUT2D eigenvalue weighted by molar-refractivity contribution is 5.67. The fourth-order valence-corrected chi connectivity index (χ4v) is 9.25. The Morgan fingerprint density at radius 1 is 1.03 bits per heavy atom. The van der Waals surface area contributed by atoms with E-state index in [4.69, 9.17) is 14.2 Å². The molecule has 0 aromatic rings. The van der Waals surface area contributed by atoms with Gasteiger partial charge in [0.05, 0.1) is 24.7 Å². The zero-order valence-corrected chi connectivity index (χ0v) is 21.0. The van der Waals surface area contributed by atoms with Crippen LogP contribution in [0.4, 0.5) is 0 Å². The van der Waals surface area contributed by atoms with E-state index in [9.17, 15) is 9.90 Å². The third-order valence-corrected chi connectivity index (χ3v) is 11.0. The first-order valence-corrected chi connectivity index (χ1v) is 13.1. The van der Waals surface area contributed by atoms with E-state index in [1.165, 1.54) is 44.9 Å². The predicted octanol–water partition coefficient (Wildman–Crippen LogP) is 5.56. The second-order valence-corrected chi connectivity index (χ2v) is 11.9. The molecule has 0 spiro atoms.